The minimum absolute atomic E-state index is 0.0723. The van der Waals surface area contributed by atoms with Crippen molar-refractivity contribution in [3.8, 4) is 5.75 Å². The fourth-order valence-electron chi connectivity index (χ4n) is 2.90. The normalized spacial score (nSPS) is 14.9. The van der Waals surface area contributed by atoms with E-state index in [0.717, 1.165) is 42.9 Å². The molecule has 5 heteroatoms. The molecule has 0 saturated heterocycles. The van der Waals surface area contributed by atoms with E-state index < -0.39 is 0 Å². The Balaban J connectivity index is 1.65. The molecular weight excluding hydrogens is 290 g/mol. The molecule has 2 heterocycles. The molecule has 1 atom stereocenters. The minimum Gasteiger partial charge on any atom is -0.494 e. The summed E-state index contributed by atoms with van der Waals surface area (Å²) < 4.78 is 7.53. The van der Waals surface area contributed by atoms with Crippen molar-refractivity contribution in [2.45, 2.75) is 45.7 Å². The summed E-state index contributed by atoms with van der Waals surface area (Å²) in [7, 11) is 0. The van der Waals surface area contributed by atoms with Gasteiger partial charge in [0.05, 0.1) is 12.6 Å². The van der Waals surface area contributed by atoms with Crippen LogP contribution in [0.2, 0.25) is 0 Å². The summed E-state index contributed by atoms with van der Waals surface area (Å²) in [6, 6.07) is 7.74. The predicted molar refractivity (Wildman–Crippen MR) is 88.7 cm³/mol. The molecule has 23 heavy (non-hydrogen) atoms. The zero-order valence-electron chi connectivity index (χ0n) is 13.7. The Bertz CT molecular complexity index is 653. The highest BCUT2D eigenvalue weighted by Gasteiger charge is 2.18. The average molecular weight is 313 g/mol. The maximum absolute atomic E-state index is 12.4. The average Bonchev–Trinajstić information content (AvgIpc) is 3.00. The molecule has 2 aromatic rings. The third-order valence-electron chi connectivity index (χ3n) is 4.18. The predicted octanol–water partition coefficient (Wildman–Crippen LogP) is 3.11. The second-order valence-corrected chi connectivity index (χ2v) is 5.89. The largest absolute Gasteiger partial charge is 0.494 e. The van der Waals surface area contributed by atoms with Crippen molar-refractivity contribution in [3.05, 3.63) is 47.5 Å². The summed E-state index contributed by atoms with van der Waals surface area (Å²) in [6.07, 6.45) is 5.14. The molecule has 0 radical (unpaired) electrons. The molecule has 1 aromatic carbocycles. The van der Waals surface area contributed by atoms with E-state index in [2.05, 4.69) is 14.9 Å². The molecule has 0 aliphatic carbocycles. The smallest absolute Gasteiger partial charge is 0.271 e. The molecule has 0 unspecified atom stereocenters. The van der Waals surface area contributed by atoms with Crippen LogP contribution in [0.4, 0.5) is 0 Å². The Labute approximate surface area is 136 Å². The number of benzene rings is 1. The van der Waals surface area contributed by atoms with E-state index in [1.54, 1.807) is 0 Å². The van der Waals surface area contributed by atoms with E-state index in [9.17, 15) is 4.79 Å². The molecule has 0 spiro atoms. The molecule has 3 rings (SSSR count). The lowest BCUT2D eigenvalue weighted by molar-refractivity contribution is 0.0935. The second kappa shape index (κ2) is 6.86. The zero-order valence-corrected chi connectivity index (χ0v) is 13.7. The van der Waals surface area contributed by atoms with E-state index in [1.807, 2.05) is 44.3 Å². The second-order valence-electron chi connectivity index (χ2n) is 5.89. The summed E-state index contributed by atoms with van der Waals surface area (Å²) in [5, 5.41) is 3.02. The first-order chi connectivity index (χ1) is 11.2. The van der Waals surface area contributed by atoms with Gasteiger partial charge in [-0.1, -0.05) is 12.1 Å². The van der Waals surface area contributed by atoms with Gasteiger partial charge in [0.2, 0.25) is 0 Å². The van der Waals surface area contributed by atoms with Gasteiger partial charge < -0.3 is 14.6 Å². The van der Waals surface area contributed by atoms with Gasteiger partial charge in [-0.05, 0) is 44.4 Å². The molecule has 0 saturated carbocycles. The number of rotatable bonds is 5. The van der Waals surface area contributed by atoms with Gasteiger partial charge in [-0.15, -0.1) is 0 Å². The fourth-order valence-corrected chi connectivity index (χ4v) is 2.90. The number of aromatic nitrogens is 2. The van der Waals surface area contributed by atoms with Crippen molar-refractivity contribution >= 4 is 5.91 Å². The fraction of sp³-hybridized carbons (Fsp3) is 0.444. The zero-order chi connectivity index (χ0) is 16.2. The SMILES string of the molecule is CCOc1ccc([C@H](C)NC(=O)c2cn3c(n2)CCCC3)cc1. The molecule has 1 amide bonds. The van der Waals surface area contributed by atoms with Gasteiger partial charge in [0, 0.05) is 19.2 Å². The molecule has 0 fully saturated rings. The number of imidazole rings is 1. The monoisotopic (exact) mass is 313 g/mol. The Morgan fingerprint density at radius 3 is 2.83 bits per heavy atom. The topological polar surface area (TPSA) is 56.1 Å². The lowest BCUT2D eigenvalue weighted by Crippen LogP contribution is -2.27. The number of amides is 1. The Kier molecular flexibility index (Phi) is 4.65. The van der Waals surface area contributed by atoms with Crippen LogP contribution in [-0.2, 0) is 13.0 Å². The third-order valence-corrected chi connectivity index (χ3v) is 4.18. The van der Waals surface area contributed by atoms with Gasteiger partial charge in [-0.2, -0.15) is 0 Å². The number of carbonyl (C=O) groups is 1. The van der Waals surface area contributed by atoms with Crippen molar-refractivity contribution in [3.63, 3.8) is 0 Å². The third kappa shape index (κ3) is 3.55. The van der Waals surface area contributed by atoms with E-state index >= 15 is 0 Å². The van der Waals surface area contributed by atoms with Crippen LogP contribution in [0.5, 0.6) is 5.75 Å². The Morgan fingerprint density at radius 2 is 2.13 bits per heavy atom. The first-order valence-electron chi connectivity index (χ1n) is 8.27. The summed E-state index contributed by atoms with van der Waals surface area (Å²) in [6.45, 7) is 5.55. The summed E-state index contributed by atoms with van der Waals surface area (Å²) in [4.78, 5) is 16.9. The van der Waals surface area contributed by atoms with Crippen LogP contribution in [0.1, 0.15) is 54.6 Å². The number of hydrogen-bond acceptors (Lipinski definition) is 3. The number of hydrogen-bond donors (Lipinski definition) is 1. The number of nitrogens with one attached hydrogen (secondary N) is 1. The van der Waals surface area contributed by atoms with Crippen molar-refractivity contribution < 1.29 is 9.53 Å². The Morgan fingerprint density at radius 1 is 1.35 bits per heavy atom. The van der Waals surface area contributed by atoms with E-state index in [1.165, 1.54) is 0 Å². The maximum atomic E-state index is 12.4. The number of aryl methyl sites for hydroxylation is 2. The van der Waals surface area contributed by atoms with E-state index in [-0.39, 0.29) is 11.9 Å². The van der Waals surface area contributed by atoms with Crippen molar-refractivity contribution in [2.75, 3.05) is 6.61 Å². The lowest BCUT2D eigenvalue weighted by atomic mass is 10.1. The van der Waals surface area contributed by atoms with Gasteiger partial charge in [0.25, 0.3) is 5.91 Å². The molecule has 5 nitrogen and oxygen atoms in total. The number of carbonyl (C=O) groups excluding carboxylic acids is 1. The molecule has 0 bridgehead atoms. The highest BCUT2D eigenvalue weighted by Crippen LogP contribution is 2.19. The summed E-state index contributed by atoms with van der Waals surface area (Å²) in [5.41, 5.74) is 1.56. The lowest BCUT2D eigenvalue weighted by Gasteiger charge is -2.14. The van der Waals surface area contributed by atoms with Gasteiger partial charge in [-0.3, -0.25) is 4.79 Å². The summed E-state index contributed by atoms with van der Waals surface area (Å²) >= 11 is 0. The highest BCUT2D eigenvalue weighted by atomic mass is 16.5. The van der Waals surface area contributed by atoms with Crippen LogP contribution >= 0.6 is 0 Å². The van der Waals surface area contributed by atoms with Crippen molar-refractivity contribution in [2.24, 2.45) is 0 Å². The maximum Gasteiger partial charge on any atom is 0.271 e. The number of fused-ring (bicyclic) bond motifs is 1. The van der Waals surface area contributed by atoms with E-state index in [4.69, 9.17) is 4.74 Å². The molecular formula is C18H23N3O2. The van der Waals surface area contributed by atoms with Crippen LogP contribution in [0.25, 0.3) is 0 Å². The van der Waals surface area contributed by atoms with Gasteiger partial charge >= 0.3 is 0 Å². The summed E-state index contributed by atoms with van der Waals surface area (Å²) in [5.74, 6) is 1.75. The van der Waals surface area contributed by atoms with Crippen LogP contribution in [0.3, 0.4) is 0 Å². The van der Waals surface area contributed by atoms with Gasteiger partial charge in [0.15, 0.2) is 0 Å². The van der Waals surface area contributed by atoms with Gasteiger partial charge in [-0.25, -0.2) is 4.98 Å². The molecule has 1 N–H and O–H groups in total. The standard InChI is InChI=1S/C18H23N3O2/c1-3-23-15-9-7-14(8-10-15)13(2)19-18(22)16-12-21-11-5-4-6-17(21)20-16/h7-10,12-13H,3-6,11H2,1-2H3,(H,19,22)/t13-/m0/s1. The molecule has 1 aromatic heterocycles. The quantitative estimate of drug-likeness (QED) is 0.923. The van der Waals surface area contributed by atoms with Crippen molar-refractivity contribution in [1.29, 1.82) is 0 Å². The van der Waals surface area contributed by atoms with Crippen LogP contribution in [-0.4, -0.2) is 22.1 Å². The van der Waals surface area contributed by atoms with Gasteiger partial charge in [0.1, 0.15) is 17.3 Å². The minimum atomic E-state index is -0.117. The van der Waals surface area contributed by atoms with Crippen LogP contribution in [0, 0.1) is 0 Å². The first kappa shape index (κ1) is 15.6. The molecule has 1 aliphatic rings. The van der Waals surface area contributed by atoms with E-state index in [0.29, 0.717) is 12.3 Å². The molecule has 1 aliphatic heterocycles. The Hall–Kier alpha value is -2.30. The van der Waals surface area contributed by atoms with Crippen LogP contribution in [0.15, 0.2) is 30.5 Å². The number of ether oxygens (including phenoxy) is 1. The van der Waals surface area contributed by atoms with Crippen LogP contribution < -0.4 is 10.1 Å². The number of nitrogens with zero attached hydrogens (tertiary/aromatic N) is 2. The van der Waals surface area contributed by atoms with Crippen molar-refractivity contribution in [1.82, 2.24) is 14.9 Å². The highest BCUT2D eigenvalue weighted by molar-refractivity contribution is 5.92. The molecule has 122 valence electrons. The first-order valence-corrected chi connectivity index (χ1v) is 8.27.